The molecule has 0 unspecified atom stereocenters. The summed E-state index contributed by atoms with van der Waals surface area (Å²) in [6, 6.07) is 9.10. The highest BCUT2D eigenvalue weighted by molar-refractivity contribution is 9.11. The van der Waals surface area contributed by atoms with Crippen LogP contribution in [0.25, 0.3) is 16.7 Å². The fourth-order valence-corrected chi connectivity index (χ4v) is 3.22. The van der Waals surface area contributed by atoms with E-state index in [4.69, 9.17) is 11.6 Å². The van der Waals surface area contributed by atoms with Crippen LogP contribution in [0.5, 0.6) is 0 Å². The van der Waals surface area contributed by atoms with Crippen LogP contribution in [-0.2, 0) is 5.88 Å². The molecule has 2 aromatic carbocycles. The van der Waals surface area contributed by atoms with Gasteiger partial charge in [-0.2, -0.15) is 0 Å². The van der Waals surface area contributed by atoms with Gasteiger partial charge in [0.25, 0.3) is 0 Å². The third kappa shape index (κ3) is 2.62. The molecule has 0 aliphatic rings. The first-order chi connectivity index (χ1) is 10.0. The van der Waals surface area contributed by atoms with Crippen molar-refractivity contribution < 1.29 is 4.39 Å². The molecule has 0 saturated carbocycles. The molecule has 1 aromatic heterocycles. The van der Waals surface area contributed by atoms with Crippen molar-refractivity contribution >= 4 is 54.5 Å². The smallest absolute Gasteiger partial charge is 0.129 e. The molecule has 0 amide bonds. The molecule has 1 heterocycles. The van der Waals surface area contributed by atoms with E-state index >= 15 is 0 Å². The van der Waals surface area contributed by atoms with Gasteiger partial charge < -0.3 is 0 Å². The fourth-order valence-electron chi connectivity index (χ4n) is 2.27. The lowest BCUT2D eigenvalue weighted by Crippen LogP contribution is -2.00. The third-order valence-electron chi connectivity index (χ3n) is 3.27. The third-order valence-corrected chi connectivity index (χ3v) is 4.68. The first-order valence-corrected chi connectivity index (χ1v) is 8.32. The van der Waals surface area contributed by atoms with Gasteiger partial charge in [0, 0.05) is 15.0 Å². The Kier molecular flexibility index (Phi) is 4.08. The van der Waals surface area contributed by atoms with Gasteiger partial charge in [0.05, 0.1) is 22.6 Å². The summed E-state index contributed by atoms with van der Waals surface area (Å²) < 4.78 is 17.5. The van der Waals surface area contributed by atoms with Crippen LogP contribution in [0.15, 0.2) is 39.3 Å². The maximum absolute atomic E-state index is 13.7. The van der Waals surface area contributed by atoms with Crippen molar-refractivity contribution in [1.82, 2.24) is 9.55 Å². The monoisotopic (exact) mass is 430 g/mol. The van der Waals surface area contributed by atoms with Crippen LogP contribution in [-0.4, -0.2) is 9.55 Å². The van der Waals surface area contributed by atoms with Crippen molar-refractivity contribution in [3.63, 3.8) is 0 Å². The first kappa shape index (κ1) is 15.0. The van der Waals surface area contributed by atoms with E-state index in [2.05, 4.69) is 36.8 Å². The zero-order chi connectivity index (χ0) is 15.1. The number of benzene rings is 2. The summed E-state index contributed by atoms with van der Waals surface area (Å²) in [7, 11) is 0. The van der Waals surface area contributed by atoms with Gasteiger partial charge in [-0.05, 0) is 52.7 Å². The van der Waals surface area contributed by atoms with E-state index in [-0.39, 0.29) is 11.7 Å². The van der Waals surface area contributed by atoms with Gasteiger partial charge in [-0.15, -0.1) is 11.6 Å². The van der Waals surface area contributed by atoms with Gasteiger partial charge in [-0.25, -0.2) is 9.37 Å². The lowest BCUT2D eigenvalue weighted by Gasteiger charge is -2.11. The number of imidazole rings is 1. The fraction of sp³-hybridized carbons (Fsp3) is 0.133. The average Bonchev–Trinajstić information content (AvgIpc) is 2.79. The molecule has 0 aliphatic carbocycles. The van der Waals surface area contributed by atoms with Crippen LogP contribution in [0.4, 0.5) is 4.39 Å². The lowest BCUT2D eigenvalue weighted by atomic mass is 10.2. The molecule has 0 N–H and O–H groups in total. The topological polar surface area (TPSA) is 17.8 Å². The van der Waals surface area contributed by atoms with Crippen LogP contribution in [0, 0.1) is 12.7 Å². The Morgan fingerprint density at radius 3 is 2.71 bits per heavy atom. The number of rotatable bonds is 2. The van der Waals surface area contributed by atoms with Crippen molar-refractivity contribution in [2.75, 3.05) is 0 Å². The van der Waals surface area contributed by atoms with Gasteiger partial charge >= 0.3 is 0 Å². The maximum atomic E-state index is 13.7. The number of aromatic nitrogens is 2. The summed E-state index contributed by atoms with van der Waals surface area (Å²) in [6.07, 6.45) is 0. The van der Waals surface area contributed by atoms with Crippen molar-refractivity contribution in [2.45, 2.75) is 12.8 Å². The van der Waals surface area contributed by atoms with E-state index in [1.54, 1.807) is 13.0 Å². The summed E-state index contributed by atoms with van der Waals surface area (Å²) in [6.45, 7) is 1.74. The standard InChI is InChI=1S/C15H10Br2ClFN2/c1-8-4-14-12(6-11(8)19)20-15(7-18)21(14)13-5-9(16)2-3-10(13)17/h2-6H,7H2,1H3. The first-order valence-electron chi connectivity index (χ1n) is 6.20. The van der Waals surface area contributed by atoms with Gasteiger partial charge in [-0.1, -0.05) is 15.9 Å². The molecule has 0 radical (unpaired) electrons. The zero-order valence-electron chi connectivity index (χ0n) is 11.0. The molecule has 108 valence electrons. The summed E-state index contributed by atoms with van der Waals surface area (Å²) in [5.41, 5.74) is 2.92. The SMILES string of the molecule is Cc1cc2c(cc1F)nc(CCl)n2-c1cc(Br)ccc1Br. The second-order valence-electron chi connectivity index (χ2n) is 4.68. The molecule has 0 atom stereocenters. The Morgan fingerprint density at radius 2 is 2.00 bits per heavy atom. The number of hydrogen-bond acceptors (Lipinski definition) is 1. The lowest BCUT2D eigenvalue weighted by molar-refractivity contribution is 0.620. The largest absolute Gasteiger partial charge is 0.294 e. The Bertz CT molecular complexity index is 845. The second kappa shape index (κ2) is 5.71. The van der Waals surface area contributed by atoms with Crippen molar-refractivity contribution in [2.24, 2.45) is 0 Å². The van der Waals surface area contributed by atoms with Crippen molar-refractivity contribution in [3.8, 4) is 5.69 Å². The Morgan fingerprint density at radius 1 is 1.24 bits per heavy atom. The van der Waals surface area contributed by atoms with Crippen LogP contribution in [0.3, 0.4) is 0 Å². The van der Waals surface area contributed by atoms with Crippen LogP contribution in [0.2, 0.25) is 0 Å². The average molecular weight is 433 g/mol. The van der Waals surface area contributed by atoms with Crippen molar-refractivity contribution in [1.29, 1.82) is 0 Å². The molecule has 21 heavy (non-hydrogen) atoms. The highest BCUT2D eigenvalue weighted by Crippen LogP contribution is 2.31. The molecule has 6 heteroatoms. The molecule has 3 aromatic rings. The van der Waals surface area contributed by atoms with Gasteiger partial charge in [0.15, 0.2) is 0 Å². The molecule has 0 spiro atoms. The minimum atomic E-state index is -0.262. The molecule has 0 aliphatic heterocycles. The summed E-state index contributed by atoms with van der Waals surface area (Å²) in [5.74, 6) is 0.658. The van der Waals surface area contributed by atoms with E-state index in [1.165, 1.54) is 6.07 Å². The minimum absolute atomic E-state index is 0.244. The maximum Gasteiger partial charge on any atom is 0.129 e. The number of halogens is 4. The predicted molar refractivity (Wildman–Crippen MR) is 90.7 cm³/mol. The molecule has 2 nitrogen and oxygen atoms in total. The number of nitrogens with zero attached hydrogens (tertiary/aromatic N) is 2. The van der Waals surface area contributed by atoms with E-state index in [0.29, 0.717) is 16.9 Å². The number of alkyl halides is 1. The molecule has 3 rings (SSSR count). The van der Waals surface area contributed by atoms with E-state index in [1.807, 2.05) is 22.8 Å². The van der Waals surface area contributed by atoms with E-state index < -0.39 is 0 Å². The van der Waals surface area contributed by atoms with Crippen molar-refractivity contribution in [3.05, 3.63) is 56.5 Å². The van der Waals surface area contributed by atoms with Gasteiger partial charge in [0.2, 0.25) is 0 Å². The summed E-state index contributed by atoms with van der Waals surface area (Å²) >= 11 is 13.0. The Hall–Kier alpha value is -0.910. The Balaban J connectivity index is 2.40. The van der Waals surface area contributed by atoms with Gasteiger partial charge in [0.1, 0.15) is 11.6 Å². The van der Waals surface area contributed by atoms with Crippen LogP contribution < -0.4 is 0 Å². The number of fused-ring (bicyclic) bond motifs is 1. The normalized spacial score (nSPS) is 11.3. The van der Waals surface area contributed by atoms with Crippen LogP contribution in [0.1, 0.15) is 11.4 Å². The van der Waals surface area contributed by atoms with E-state index in [9.17, 15) is 4.39 Å². The molecule has 0 saturated heterocycles. The molecule has 0 bridgehead atoms. The number of aryl methyl sites for hydroxylation is 1. The summed E-state index contributed by atoms with van der Waals surface area (Å²) in [5, 5.41) is 0. The highest BCUT2D eigenvalue weighted by Gasteiger charge is 2.16. The quantitative estimate of drug-likeness (QED) is 0.473. The zero-order valence-corrected chi connectivity index (χ0v) is 14.9. The molecule has 0 fully saturated rings. The van der Waals surface area contributed by atoms with Crippen LogP contribution >= 0.6 is 43.5 Å². The van der Waals surface area contributed by atoms with E-state index in [0.717, 1.165) is 20.1 Å². The predicted octanol–water partition coefficient (Wildman–Crippen LogP) is 5.74. The summed E-state index contributed by atoms with van der Waals surface area (Å²) in [4.78, 5) is 4.44. The van der Waals surface area contributed by atoms with Gasteiger partial charge in [-0.3, -0.25) is 4.57 Å². The number of hydrogen-bond donors (Lipinski definition) is 0. The Labute approximate surface area is 143 Å². The molecular formula is C15H10Br2ClFN2. The minimum Gasteiger partial charge on any atom is -0.294 e. The molecular weight excluding hydrogens is 422 g/mol. The highest BCUT2D eigenvalue weighted by atomic mass is 79.9. The second-order valence-corrected chi connectivity index (χ2v) is 6.72.